The minimum absolute atomic E-state index is 0.132. The van der Waals surface area contributed by atoms with Crippen molar-refractivity contribution in [2.24, 2.45) is 0 Å². The van der Waals surface area contributed by atoms with Crippen LogP contribution < -0.4 is 19.5 Å². The molecule has 1 amide bonds. The second kappa shape index (κ2) is 7.94. The van der Waals surface area contributed by atoms with E-state index < -0.39 is 29.9 Å². The SMILES string of the molecule is C[C@H](Oc1ccc(F)cc1)C(=O)O[C@H](C)C(=O)Nc1ccc2c(c1)OCO2. The number of rotatable bonds is 6. The Kier molecular flexibility index (Phi) is 5.44. The summed E-state index contributed by atoms with van der Waals surface area (Å²) in [4.78, 5) is 24.3. The first kappa shape index (κ1) is 18.5. The molecule has 27 heavy (non-hydrogen) atoms. The smallest absolute Gasteiger partial charge is 0.347 e. The Labute approximate surface area is 155 Å². The number of amides is 1. The summed E-state index contributed by atoms with van der Waals surface area (Å²) in [5, 5.41) is 2.64. The lowest BCUT2D eigenvalue weighted by molar-refractivity contribution is -0.159. The molecule has 1 heterocycles. The van der Waals surface area contributed by atoms with Gasteiger partial charge in [0.25, 0.3) is 5.91 Å². The molecule has 1 N–H and O–H groups in total. The number of halogens is 1. The molecule has 0 radical (unpaired) electrons. The zero-order valence-corrected chi connectivity index (χ0v) is 14.7. The van der Waals surface area contributed by atoms with Crippen molar-refractivity contribution in [3.63, 3.8) is 0 Å². The molecule has 0 aromatic heterocycles. The number of benzene rings is 2. The molecule has 0 saturated carbocycles. The molecule has 2 atom stereocenters. The van der Waals surface area contributed by atoms with Crippen LogP contribution in [0.25, 0.3) is 0 Å². The fourth-order valence-corrected chi connectivity index (χ4v) is 2.31. The fourth-order valence-electron chi connectivity index (χ4n) is 2.31. The van der Waals surface area contributed by atoms with Crippen molar-refractivity contribution in [1.29, 1.82) is 0 Å². The summed E-state index contributed by atoms with van der Waals surface area (Å²) < 4.78 is 33.8. The van der Waals surface area contributed by atoms with Crippen LogP contribution in [-0.4, -0.2) is 30.9 Å². The lowest BCUT2D eigenvalue weighted by atomic mass is 10.2. The van der Waals surface area contributed by atoms with Crippen molar-refractivity contribution in [1.82, 2.24) is 0 Å². The summed E-state index contributed by atoms with van der Waals surface area (Å²) in [6, 6.07) is 10.2. The van der Waals surface area contributed by atoms with Crippen molar-refractivity contribution in [2.75, 3.05) is 12.1 Å². The van der Waals surface area contributed by atoms with Gasteiger partial charge in [0.05, 0.1) is 0 Å². The van der Waals surface area contributed by atoms with Gasteiger partial charge in [0.15, 0.2) is 23.7 Å². The maximum atomic E-state index is 12.9. The first-order valence-corrected chi connectivity index (χ1v) is 8.25. The third kappa shape index (κ3) is 4.66. The average molecular weight is 375 g/mol. The van der Waals surface area contributed by atoms with E-state index in [-0.39, 0.29) is 6.79 Å². The second-order valence-corrected chi connectivity index (χ2v) is 5.85. The Balaban J connectivity index is 1.52. The predicted octanol–water partition coefficient (Wildman–Crippen LogP) is 2.89. The maximum Gasteiger partial charge on any atom is 0.347 e. The van der Waals surface area contributed by atoms with Crippen LogP contribution in [0.4, 0.5) is 10.1 Å². The van der Waals surface area contributed by atoms with E-state index in [1.807, 2.05) is 0 Å². The van der Waals surface area contributed by atoms with Crippen LogP contribution in [0.1, 0.15) is 13.8 Å². The highest BCUT2D eigenvalue weighted by Crippen LogP contribution is 2.34. The molecule has 0 saturated heterocycles. The fraction of sp³-hybridized carbons (Fsp3) is 0.263. The highest BCUT2D eigenvalue weighted by atomic mass is 19.1. The lowest BCUT2D eigenvalue weighted by Crippen LogP contribution is -2.35. The van der Waals surface area contributed by atoms with E-state index in [1.165, 1.54) is 38.1 Å². The molecule has 3 rings (SSSR count). The number of ether oxygens (including phenoxy) is 4. The zero-order chi connectivity index (χ0) is 19.4. The number of fused-ring (bicyclic) bond motifs is 1. The predicted molar refractivity (Wildman–Crippen MR) is 93.2 cm³/mol. The monoisotopic (exact) mass is 375 g/mol. The second-order valence-electron chi connectivity index (χ2n) is 5.85. The molecule has 0 spiro atoms. The van der Waals surface area contributed by atoms with Gasteiger partial charge in [0, 0.05) is 11.8 Å². The molecule has 0 bridgehead atoms. The Hall–Kier alpha value is -3.29. The van der Waals surface area contributed by atoms with Gasteiger partial charge in [-0.25, -0.2) is 9.18 Å². The molecule has 2 aromatic carbocycles. The standard InChI is InChI=1S/C19H18FNO6/c1-11(18(22)21-14-5-8-16-17(9-14)25-10-24-16)27-19(23)12(2)26-15-6-3-13(20)4-7-15/h3-9,11-12H,10H2,1-2H3,(H,21,22)/t11-,12+/m1/s1. The van der Waals surface area contributed by atoms with Crippen LogP contribution in [0.15, 0.2) is 42.5 Å². The largest absolute Gasteiger partial charge is 0.479 e. The summed E-state index contributed by atoms with van der Waals surface area (Å²) in [5.41, 5.74) is 0.489. The number of esters is 1. The third-order valence-corrected chi connectivity index (χ3v) is 3.76. The molecule has 2 aromatic rings. The number of nitrogens with one attached hydrogen (secondary N) is 1. The van der Waals surface area contributed by atoms with Gasteiger partial charge in [-0.15, -0.1) is 0 Å². The van der Waals surface area contributed by atoms with Crippen molar-refractivity contribution in [3.05, 3.63) is 48.3 Å². The van der Waals surface area contributed by atoms with E-state index in [2.05, 4.69) is 5.32 Å². The van der Waals surface area contributed by atoms with Crippen LogP contribution in [0.5, 0.6) is 17.2 Å². The Morgan fingerprint density at radius 2 is 1.74 bits per heavy atom. The van der Waals surface area contributed by atoms with Gasteiger partial charge in [0.2, 0.25) is 6.79 Å². The number of carbonyl (C=O) groups excluding carboxylic acids is 2. The van der Waals surface area contributed by atoms with Crippen LogP contribution in [0.3, 0.4) is 0 Å². The van der Waals surface area contributed by atoms with Crippen LogP contribution >= 0.6 is 0 Å². The highest BCUT2D eigenvalue weighted by molar-refractivity contribution is 5.95. The molecule has 0 aliphatic carbocycles. The molecule has 0 fully saturated rings. The van der Waals surface area contributed by atoms with Gasteiger partial charge in [-0.3, -0.25) is 4.79 Å². The highest BCUT2D eigenvalue weighted by Gasteiger charge is 2.24. The van der Waals surface area contributed by atoms with Gasteiger partial charge in [-0.05, 0) is 50.2 Å². The van der Waals surface area contributed by atoms with E-state index in [4.69, 9.17) is 18.9 Å². The lowest BCUT2D eigenvalue weighted by Gasteiger charge is -2.18. The van der Waals surface area contributed by atoms with E-state index in [0.717, 1.165) is 0 Å². The van der Waals surface area contributed by atoms with Crippen LogP contribution in [-0.2, 0) is 14.3 Å². The number of hydrogen-bond acceptors (Lipinski definition) is 6. The van der Waals surface area contributed by atoms with Crippen molar-refractivity contribution in [2.45, 2.75) is 26.1 Å². The molecule has 142 valence electrons. The van der Waals surface area contributed by atoms with Crippen LogP contribution in [0.2, 0.25) is 0 Å². The molecule has 8 heteroatoms. The molecule has 1 aliphatic rings. The Morgan fingerprint density at radius 1 is 1.04 bits per heavy atom. The van der Waals surface area contributed by atoms with Crippen LogP contribution in [0, 0.1) is 5.82 Å². The minimum atomic E-state index is -1.04. The maximum absolute atomic E-state index is 12.9. The number of hydrogen-bond donors (Lipinski definition) is 1. The number of carbonyl (C=O) groups is 2. The van der Waals surface area contributed by atoms with Crippen molar-refractivity contribution >= 4 is 17.6 Å². The van der Waals surface area contributed by atoms with Gasteiger partial charge in [0.1, 0.15) is 11.6 Å². The summed E-state index contributed by atoms with van der Waals surface area (Å²) in [6.07, 6.45) is -2.00. The quantitative estimate of drug-likeness (QED) is 0.782. The minimum Gasteiger partial charge on any atom is -0.479 e. The summed E-state index contributed by atoms with van der Waals surface area (Å²) >= 11 is 0. The van der Waals surface area contributed by atoms with Gasteiger partial charge in [-0.2, -0.15) is 0 Å². The molecular weight excluding hydrogens is 357 g/mol. The van der Waals surface area contributed by atoms with Gasteiger partial charge < -0.3 is 24.3 Å². The normalized spacial score (nSPS) is 14.2. The van der Waals surface area contributed by atoms with E-state index >= 15 is 0 Å². The summed E-state index contributed by atoms with van der Waals surface area (Å²) in [7, 11) is 0. The van der Waals surface area contributed by atoms with E-state index in [9.17, 15) is 14.0 Å². The van der Waals surface area contributed by atoms with Gasteiger partial charge >= 0.3 is 5.97 Å². The molecule has 7 nitrogen and oxygen atoms in total. The summed E-state index contributed by atoms with van der Waals surface area (Å²) in [6.45, 7) is 3.06. The first-order valence-electron chi connectivity index (χ1n) is 8.25. The first-order chi connectivity index (χ1) is 12.9. The Bertz CT molecular complexity index is 839. The Morgan fingerprint density at radius 3 is 2.48 bits per heavy atom. The average Bonchev–Trinajstić information content (AvgIpc) is 3.11. The van der Waals surface area contributed by atoms with E-state index in [0.29, 0.717) is 22.9 Å². The zero-order valence-electron chi connectivity index (χ0n) is 14.7. The van der Waals surface area contributed by atoms with Crippen molar-refractivity contribution in [3.8, 4) is 17.2 Å². The molecule has 1 aliphatic heterocycles. The number of anilines is 1. The third-order valence-electron chi connectivity index (χ3n) is 3.76. The van der Waals surface area contributed by atoms with Crippen molar-refractivity contribution < 1.29 is 32.9 Å². The molecule has 0 unspecified atom stereocenters. The van der Waals surface area contributed by atoms with Gasteiger partial charge in [-0.1, -0.05) is 0 Å². The topological polar surface area (TPSA) is 83.1 Å². The molecular formula is C19H18FNO6. The summed E-state index contributed by atoms with van der Waals surface area (Å²) in [5.74, 6) is -0.188. The van der Waals surface area contributed by atoms with E-state index in [1.54, 1.807) is 18.2 Å².